The van der Waals surface area contributed by atoms with Gasteiger partial charge in [0.1, 0.15) is 0 Å². The Hall–Kier alpha value is -2.26. The van der Waals surface area contributed by atoms with Crippen molar-refractivity contribution in [3.8, 4) is 11.8 Å². The Morgan fingerprint density at radius 2 is 2.05 bits per heavy atom. The van der Waals surface area contributed by atoms with Crippen LogP contribution in [0.4, 0.5) is 8.78 Å². The molecule has 0 bridgehead atoms. The number of hydrogen-bond acceptors (Lipinski definition) is 4. The minimum Gasteiger partial charge on any atom is -0.456 e. The average molecular weight is 308 g/mol. The number of fused-ring (bicyclic) bond motifs is 1. The number of esters is 1. The smallest absolute Gasteiger partial charge is 0.384 e. The van der Waals surface area contributed by atoms with Gasteiger partial charge in [0.15, 0.2) is 0 Å². The molecule has 116 valence electrons. The molecule has 1 atom stereocenters. The van der Waals surface area contributed by atoms with Gasteiger partial charge >= 0.3 is 11.9 Å². The van der Waals surface area contributed by atoms with Crippen molar-refractivity contribution in [3.05, 3.63) is 35.4 Å². The molecule has 2 rings (SSSR count). The van der Waals surface area contributed by atoms with E-state index < -0.39 is 23.3 Å². The summed E-state index contributed by atoms with van der Waals surface area (Å²) in [6.07, 6.45) is 1.42. The number of aliphatic hydroxyl groups is 1. The van der Waals surface area contributed by atoms with Crippen molar-refractivity contribution >= 4 is 11.8 Å². The molecule has 0 heterocycles. The topological polar surface area (TPSA) is 63.6 Å². The molecule has 22 heavy (non-hydrogen) atoms. The molecule has 0 saturated carbocycles. The number of ketones is 1. The van der Waals surface area contributed by atoms with E-state index in [4.69, 9.17) is 4.74 Å². The Bertz CT molecular complexity index is 672. The average Bonchev–Trinajstić information content (AvgIpc) is 2.65. The third kappa shape index (κ3) is 2.48. The van der Waals surface area contributed by atoms with E-state index in [1.807, 2.05) is 18.8 Å². The Kier molecular flexibility index (Phi) is 4.29. The number of alkyl halides is 2. The molecule has 0 radical (unpaired) electrons. The lowest BCUT2D eigenvalue weighted by Crippen LogP contribution is -2.44. The van der Waals surface area contributed by atoms with E-state index in [-0.39, 0.29) is 17.7 Å². The van der Waals surface area contributed by atoms with Gasteiger partial charge < -0.3 is 9.84 Å². The van der Waals surface area contributed by atoms with Crippen LogP contribution in [0.1, 0.15) is 35.7 Å². The highest BCUT2D eigenvalue weighted by atomic mass is 19.3. The molecule has 4 nitrogen and oxygen atoms in total. The second-order valence-corrected chi connectivity index (χ2v) is 4.90. The molecule has 0 saturated heterocycles. The number of hydrogen-bond donors (Lipinski definition) is 1. The molecule has 1 N–H and O–H groups in total. The number of benzene rings is 1. The van der Waals surface area contributed by atoms with Crippen LogP contribution in [-0.2, 0) is 15.1 Å². The predicted octanol–water partition coefficient (Wildman–Crippen LogP) is 2.05. The second-order valence-electron chi connectivity index (χ2n) is 4.90. The van der Waals surface area contributed by atoms with E-state index in [0.29, 0.717) is 6.42 Å². The van der Waals surface area contributed by atoms with Crippen LogP contribution in [0.5, 0.6) is 0 Å². The normalized spacial score (nSPS) is 21.7. The van der Waals surface area contributed by atoms with Gasteiger partial charge in [-0.25, -0.2) is 4.79 Å². The van der Waals surface area contributed by atoms with Crippen LogP contribution >= 0.6 is 0 Å². The van der Waals surface area contributed by atoms with Crippen LogP contribution in [-0.4, -0.2) is 29.4 Å². The molecule has 0 unspecified atom stereocenters. The predicted molar refractivity (Wildman–Crippen MR) is 73.3 cm³/mol. The zero-order valence-corrected chi connectivity index (χ0v) is 11.9. The summed E-state index contributed by atoms with van der Waals surface area (Å²) in [6, 6.07) is 5.18. The zero-order chi connectivity index (χ0) is 16.4. The summed E-state index contributed by atoms with van der Waals surface area (Å²) in [5, 5.41) is 10.2. The first-order valence-corrected chi connectivity index (χ1v) is 6.79. The number of halogens is 2. The van der Waals surface area contributed by atoms with Gasteiger partial charge in [-0.15, -0.1) is 0 Å². The van der Waals surface area contributed by atoms with Gasteiger partial charge in [-0.1, -0.05) is 37.6 Å². The fraction of sp³-hybridized carbons (Fsp3) is 0.375. The van der Waals surface area contributed by atoms with E-state index >= 15 is 0 Å². The summed E-state index contributed by atoms with van der Waals surface area (Å²) < 4.78 is 32.9. The summed E-state index contributed by atoms with van der Waals surface area (Å²) in [6.45, 7) is 2.01. The summed E-state index contributed by atoms with van der Waals surface area (Å²) >= 11 is 0. The van der Waals surface area contributed by atoms with Crippen LogP contribution in [0.25, 0.3) is 0 Å². The largest absolute Gasteiger partial charge is 0.456 e. The number of unbranched alkanes of at least 4 members (excludes halogenated alkanes) is 1. The maximum absolute atomic E-state index is 14.1. The van der Waals surface area contributed by atoms with E-state index in [2.05, 4.69) is 0 Å². The van der Waals surface area contributed by atoms with Gasteiger partial charge in [0.2, 0.25) is 11.4 Å². The summed E-state index contributed by atoms with van der Waals surface area (Å²) in [4.78, 5) is 23.1. The van der Waals surface area contributed by atoms with Crippen molar-refractivity contribution in [1.29, 1.82) is 0 Å². The highest BCUT2D eigenvalue weighted by Crippen LogP contribution is 2.47. The number of rotatable bonds is 3. The summed E-state index contributed by atoms with van der Waals surface area (Å²) in [7, 11) is 0. The highest BCUT2D eigenvalue weighted by molar-refractivity contribution is 6.08. The Balaban J connectivity index is 2.33. The minimum atomic E-state index is -4.12. The van der Waals surface area contributed by atoms with Crippen molar-refractivity contribution in [2.45, 2.75) is 31.3 Å². The quantitative estimate of drug-likeness (QED) is 0.402. The first kappa shape index (κ1) is 16.1. The Morgan fingerprint density at radius 1 is 1.36 bits per heavy atom. The first-order valence-electron chi connectivity index (χ1n) is 6.79. The molecular weight excluding hydrogens is 294 g/mol. The molecule has 1 aliphatic carbocycles. The lowest BCUT2D eigenvalue weighted by atomic mass is 9.94. The summed E-state index contributed by atoms with van der Waals surface area (Å²) in [5.41, 5.74) is -3.63. The Morgan fingerprint density at radius 3 is 2.73 bits per heavy atom. The van der Waals surface area contributed by atoms with Crippen molar-refractivity contribution in [2.75, 3.05) is 6.61 Å². The Labute approximate surface area is 126 Å². The van der Waals surface area contributed by atoms with Gasteiger partial charge in [0, 0.05) is 17.0 Å². The molecule has 6 heteroatoms. The lowest BCUT2D eigenvalue weighted by Gasteiger charge is -2.23. The molecule has 1 aromatic carbocycles. The fourth-order valence-electron chi connectivity index (χ4n) is 2.13. The second kappa shape index (κ2) is 5.85. The van der Waals surface area contributed by atoms with E-state index in [9.17, 15) is 23.5 Å². The molecule has 0 spiro atoms. The number of ether oxygens (including phenoxy) is 1. The minimum absolute atomic E-state index is 0.119. The molecule has 0 aliphatic heterocycles. The molecule has 0 fully saturated rings. The van der Waals surface area contributed by atoms with Crippen LogP contribution < -0.4 is 0 Å². The lowest BCUT2D eigenvalue weighted by molar-refractivity contribution is -0.137. The van der Waals surface area contributed by atoms with Crippen molar-refractivity contribution in [2.24, 2.45) is 0 Å². The third-order valence-electron chi connectivity index (χ3n) is 3.38. The van der Waals surface area contributed by atoms with Gasteiger partial charge in [-0.3, -0.25) is 4.79 Å². The van der Waals surface area contributed by atoms with Gasteiger partial charge in [0.25, 0.3) is 0 Å². The first-order chi connectivity index (χ1) is 10.3. The SMILES string of the molecule is CCCCOC(=O)C#C[C@@]1(O)c2ccccc2C(=O)C1(F)F. The standard InChI is InChI=1S/C16H14F2O4/c1-2-3-10-22-13(19)8-9-15(21)12-7-5-4-6-11(12)14(20)16(15,17)18/h4-7,21H,2-3,10H2,1H3/t15-/m1/s1. The van der Waals surface area contributed by atoms with Crippen molar-refractivity contribution < 1.29 is 28.2 Å². The fourth-order valence-corrected chi connectivity index (χ4v) is 2.13. The van der Waals surface area contributed by atoms with E-state index in [1.54, 1.807) is 0 Å². The van der Waals surface area contributed by atoms with E-state index in [1.165, 1.54) is 24.3 Å². The summed E-state index contributed by atoms with van der Waals surface area (Å²) in [5.74, 6) is -2.98. The highest BCUT2D eigenvalue weighted by Gasteiger charge is 2.65. The van der Waals surface area contributed by atoms with E-state index in [0.717, 1.165) is 6.42 Å². The van der Waals surface area contributed by atoms with Crippen LogP contribution in [0, 0.1) is 11.8 Å². The molecular formula is C16H14F2O4. The zero-order valence-electron chi connectivity index (χ0n) is 11.9. The number of carbonyl (C=O) groups excluding carboxylic acids is 2. The molecule has 0 amide bonds. The molecule has 0 aromatic heterocycles. The van der Waals surface area contributed by atoms with Crippen molar-refractivity contribution in [3.63, 3.8) is 0 Å². The van der Waals surface area contributed by atoms with Crippen LogP contribution in [0.3, 0.4) is 0 Å². The third-order valence-corrected chi connectivity index (χ3v) is 3.38. The van der Waals surface area contributed by atoms with Crippen LogP contribution in [0.2, 0.25) is 0 Å². The monoisotopic (exact) mass is 308 g/mol. The van der Waals surface area contributed by atoms with Gasteiger partial charge in [-0.05, 0) is 12.3 Å². The molecule has 1 aromatic rings. The van der Waals surface area contributed by atoms with Gasteiger partial charge in [-0.2, -0.15) is 8.78 Å². The maximum atomic E-state index is 14.1. The maximum Gasteiger partial charge on any atom is 0.384 e. The van der Waals surface area contributed by atoms with Gasteiger partial charge in [0.05, 0.1) is 6.61 Å². The number of Topliss-reactive ketones (excluding diaryl/α,β-unsaturated/α-hetero) is 1. The van der Waals surface area contributed by atoms with Crippen LogP contribution in [0.15, 0.2) is 24.3 Å². The van der Waals surface area contributed by atoms with Crippen molar-refractivity contribution in [1.82, 2.24) is 0 Å². The number of carbonyl (C=O) groups is 2. The molecule has 1 aliphatic rings.